The standard InChI is InChI=1S/C15H20ClNO4/c1-4-9-13(11-5-8(7-17-11)15(18)19)10(16)6-12(20-2)14(9)21-3/h6,8,11,17H,4-5,7H2,1-3H3,(H,18,19). The third kappa shape index (κ3) is 2.94. The monoisotopic (exact) mass is 313 g/mol. The molecule has 0 aliphatic carbocycles. The van der Waals surface area contributed by atoms with E-state index in [1.54, 1.807) is 20.3 Å². The number of carboxylic acids is 1. The molecule has 6 heteroatoms. The summed E-state index contributed by atoms with van der Waals surface area (Å²) >= 11 is 6.41. The Morgan fingerprint density at radius 1 is 1.48 bits per heavy atom. The van der Waals surface area contributed by atoms with Crippen LogP contribution in [0.2, 0.25) is 5.02 Å². The van der Waals surface area contributed by atoms with Crippen LogP contribution >= 0.6 is 11.6 Å². The van der Waals surface area contributed by atoms with E-state index in [0.717, 1.165) is 17.5 Å². The van der Waals surface area contributed by atoms with Crippen molar-refractivity contribution in [2.45, 2.75) is 25.8 Å². The normalized spacial score (nSPS) is 21.3. The smallest absolute Gasteiger partial charge is 0.307 e. The van der Waals surface area contributed by atoms with E-state index in [0.29, 0.717) is 29.5 Å². The maximum atomic E-state index is 11.1. The number of aliphatic carboxylic acids is 1. The Morgan fingerprint density at radius 3 is 2.67 bits per heavy atom. The van der Waals surface area contributed by atoms with Crippen LogP contribution in [0.25, 0.3) is 0 Å². The first-order valence-corrected chi connectivity index (χ1v) is 7.30. The van der Waals surface area contributed by atoms with Crippen LogP contribution in [-0.2, 0) is 11.2 Å². The third-order valence-electron chi connectivity index (χ3n) is 3.94. The number of carbonyl (C=O) groups is 1. The Balaban J connectivity index is 2.46. The second-order valence-electron chi connectivity index (χ2n) is 5.07. The van der Waals surface area contributed by atoms with Gasteiger partial charge < -0.3 is 19.9 Å². The van der Waals surface area contributed by atoms with Crippen LogP contribution in [-0.4, -0.2) is 31.8 Å². The predicted molar refractivity (Wildman–Crippen MR) is 80.4 cm³/mol. The largest absolute Gasteiger partial charge is 0.493 e. The highest BCUT2D eigenvalue weighted by Gasteiger charge is 2.33. The average Bonchev–Trinajstić information content (AvgIpc) is 2.95. The molecule has 1 aliphatic heterocycles. The van der Waals surface area contributed by atoms with E-state index in [2.05, 4.69) is 5.32 Å². The van der Waals surface area contributed by atoms with Crippen LogP contribution in [0.15, 0.2) is 6.07 Å². The fourth-order valence-electron chi connectivity index (χ4n) is 2.92. The molecule has 0 saturated carbocycles. The molecule has 116 valence electrons. The van der Waals surface area contributed by atoms with Crippen molar-refractivity contribution < 1.29 is 19.4 Å². The van der Waals surface area contributed by atoms with E-state index < -0.39 is 5.97 Å². The van der Waals surface area contributed by atoms with Crippen LogP contribution in [0.3, 0.4) is 0 Å². The van der Waals surface area contributed by atoms with Gasteiger partial charge in [-0.15, -0.1) is 0 Å². The number of halogens is 1. The molecule has 21 heavy (non-hydrogen) atoms. The van der Waals surface area contributed by atoms with E-state index in [1.807, 2.05) is 6.92 Å². The first kappa shape index (κ1) is 15.9. The first-order chi connectivity index (χ1) is 10.0. The molecule has 1 aromatic carbocycles. The number of benzene rings is 1. The van der Waals surface area contributed by atoms with Gasteiger partial charge in [0, 0.05) is 29.2 Å². The van der Waals surface area contributed by atoms with E-state index in [-0.39, 0.29) is 12.0 Å². The molecule has 1 heterocycles. The highest BCUT2D eigenvalue weighted by Crippen LogP contribution is 2.43. The third-order valence-corrected chi connectivity index (χ3v) is 4.26. The van der Waals surface area contributed by atoms with Crippen LogP contribution in [0.4, 0.5) is 0 Å². The summed E-state index contributed by atoms with van der Waals surface area (Å²) in [5.41, 5.74) is 1.88. The number of nitrogens with one attached hydrogen (secondary N) is 1. The van der Waals surface area contributed by atoms with Gasteiger partial charge in [-0.2, -0.15) is 0 Å². The minimum Gasteiger partial charge on any atom is -0.493 e. The van der Waals surface area contributed by atoms with Crippen molar-refractivity contribution in [1.82, 2.24) is 5.32 Å². The van der Waals surface area contributed by atoms with Gasteiger partial charge in [0.15, 0.2) is 11.5 Å². The van der Waals surface area contributed by atoms with Crippen molar-refractivity contribution in [3.8, 4) is 11.5 Å². The van der Waals surface area contributed by atoms with Crippen molar-refractivity contribution in [2.24, 2.45) is 5.92 Å². The maximum Gasteiger partial charge on any atom is 0.307 e. The summed E-state index contributed by atoms with van der Waals surface area (Å²) in [6.45, 7) is 2.47. The van der Waals surface area contributed by atoms with Gasteiger partial charge in [0.25, 0.3) is 0 Å². The lowest BCUT2D eigenvalue weighted by Crippen LogP contribution is -2.18. The molecular weight excluding hydrogens is 294 g/mol. The number of methoxy groups -OCH3 is 2. The molecule has 1 saturated heterocycles. The summed E-state index contributed by atoms with van der Waals surface area (Å²) in [6.07, 6.45) is 1.25. The fraction of sp³-hybridized carbons (Fsp3) is 0.533. The quantitative estimate of drug-likeness (QED) is 0.874. The summed E-state index contributed by atoms with van der Waals surface area (Å²) < 4.78 is 10.8. The van der Waals surface area contributed by atoms with Gasteiger partial charge in [0.1, 0.15) is 0 Å². The summed E-state index contributed by atoms with van der Waals surface area (Å²) in [6, 6.07) is 1.65. The Kier molecular flexibility index (Phi) is 4.96. The SMILES string of the molecule is CCc1c(OC)c(OC)cc(Cl)c1C1CC(C(=O)O)CN1. The molecule has 2 unspecified atom stereocenters. The van der Waals surface area contributed by atoms with Crippen LogP contribution < -0.4 is 14.8 Å². The Bertz CT molecular complexity index is 547. The van der Waals surface area contributed by atoms with Crippen LogP contribution in [0, 0.1) is 5.92 Å². The number of rotatable bonds is 5. The fourth-order valence-corrected chi connectivity index (χ4v) is 3.27. The van der Waals surface area contributed by atoms with Gasteiger partial charge in [-0.25, -0.2) is 0 Å². The molecular formula is C15H20ClNO4. The van der Waals surface area contributed by atoms with Gasteiger partial charge in [-0.1, -0.05) is 18.5 Å². The molecule has 1 aromatic rings. The molecule has 0 amide bonds. The predicted octanol–water partition coefficient (Wildman–Crippen LogP) is 2.65. The lowest BCUT2D eigenvalue weighted by molar-refractivity contribution is -0.141. The zero-order valence-corrected chi connectivity index (χ0v) is 13.2. The van der Waals surface area contributed by atoms with Crippen molar-refractivity contribution in [2.75, 3.05) is 20.8 Å². The van der Waals surface area contributed by atoms with Crippen molar-refractivity contribution in [3.05, 3.63) is 22.2 Å². The van der Waals surface area contributed by atoms with Gasteiger partial charge in [-0.3, -0.25) is 4.79 Å². The summed E-state index contributed by atoms with van der Waals surface area (Å²) in [5, 5.41) is 13.0. The second kappa shape index (κ2) is 6.54. The van der Waals surface area contributed by atoms with Gasteiger partial charge >= 0.3 is 5.97 Å². The number of ether oxygens (including phenoxy) is 2. The molecule has 0 bridgehead atoms. The van der Waals surface area contributed by atoms with Crippen molar-refractivity contribution in [1.29, 1.82) is 0 Å². The molecule has 1 aliphatic rings. The first-order valence-electron chi connectivity index (χ1n) is 6.92. The second-order valence-corrected chi connectivity index (χ2v) is 5.48. The Labute approximate surface area is 129 Å². The molecule has 0 spiro atoms. The lowest BCUT2D eigenvalue weighted by atomic mass is 9.93. The van der Waals surface area contributed by atoms with E-state index in [9.17, 15) is 4.79 Å². The van der Waals surface area contributed by atoms with E-state index >= 15 is 0 Å². The highest BCUT2D eigenvalue weighted by atomic mass is 35.5. The lowest BCUT2D eigenvalue weighted by Gasteiger charge is -2.21. The zero-order chi connectivity index (χ0) is 15.6. The topological polar surface area (TPSA) is 67.8 Å². The number of carboxylic acid groups (broad SMARTS) is 1. The molecule has 2 rings (SSSR count). The summed E-state index contributed by atoms with van der Waals surface area (Å²) in [5.74, 6) is 0.0966. The van der Waals surface area contributed by atoms with Crippen LogP contribution in [0.5, 0.6) is 11.5 Å². The van der Waals surface area contributed by atoms with Gasteiger partial charge in [0.2, 0.25) is 0 Å². The summed E-state index contributed by atoms with van der Waals surface area (Å²) in [7, 11) is 3.17. The summed E-state index contributed by atoms with van der Waals surface area (Å²) in [4.78, 5) is 11.1. The highest BCUT2D eigenvalue weighted by molar-refractivity contribution is 6.31. The molecule has 0 aromatic heterocycles. The number of hydrogen-bond donors (Lipinski definition) is 2. The van der Waals surface area contributed by atoms with Gasteiger partial charge in [0.05, 0.1) is 20.1 Å². The maximum absolute atomic E-state index is 11.1. The minimum atomic E-state index is -0.778. The van der Waals surface area contributed by atoms with E-state index in [1.165, 1.54) is 0 Å². The molecule has 2 atom stereocenters. The minimum absolute atomic E-state index is 0.0756. The van der Waals surface area contributed by atoms with Crippen LogP contribution in [0.1, 0.15) is 30.5 Å². The van der Waals surface area contributed by atoms with Gasteiger partial charge in [-0.05, 0) is 18.4 Å². The number of hydrogen-bond acceptors (Lipinski definition) is 4. The zero-order valence-electron chi connectivity index (χ0n) is 12.4. The molecule has 1 fully saturated rings. The molecule has 5 nitrogen and oxygen atoms in total. The molecule has 0 radical (unpaired) electrons. The Morgan fingerprint density at radius 2 is 2.19 bits per heavy atom. The Hall–Kier alpha value is -1.46. The van der Waals surface area contributed by atoms with Crippen molar-refractivity contribution >= 4 is 17.6 Å². The molecule has 2 N–H and O–H groups in total. The van der Waals surface area contributed by atoms with Crippen molar-refractivity contribution in [3.63, 3.8) is 0 Å². The average molecular weight is 314 g/mol. The van der Waals surface area contributed by atoms with E-state index in [4.69, 9.17) is 26.2 Å².